The summed E-state index contributed by atoms with van der Waals surface area (Å²) in [6.45, 7) is 2.23. The summed E-state index contributed by atoms with van der Waals surface area (Å²) in [6.07, 6.45) is 2.96. The average Bonchev–Trinajstić information content (AvgIpc) is 2.56. The molecule has 2 heteroatoms. The highest BCUT2D eigenvalue weighted by molar-refractivity contribution is 5.82. The molecule has 0 N–H and O–H groups in total. The molecule has 0 aliphatic rings. The van der Waals surface area contributed by atoms with Crippen molar-refractivity contribution in [1.82, 2.24) is 4.98 Å². The van der Waals surface area contributed by atoms with Crippen LogP contribution in [-0.4, -0.2) is 12.1 Å². The minimum atomic E-state index is 0.379. The molecule has 0 spiro atoms. The van der Waals surface area contributed by atoms with Gasteiger partial charge in [0.2, 0.25) is 0 Å². The fraction of sp³-hybridized carbons (Fsp3) is 0.211. The Morgan fingerprint density at radius 1 is 1.00 bits per heavy atom. The molecule has 0 radical (unpaired) electrons. The smallest absolute Gasteiger partial charge is 0.118 e. The van der Waals surface area contributed by atoms with Crippen LogP contribution in [0.4, 0.5) is 0 Å². The fourth-order valence-electron chi connectivity index (χ4n) is 2.89. The van der Waals surface area contributed by atoms with E-state index < -0.39 is 0 Å². The lowest BCUT2D eigenvalue weighted by Gasteiger charge is -2.18. The van der Waals surface area contributed by atoms with Crippen molar-refractivity contribution >= 4 is 10.9 Å². The lowest BCUT2D eigenvalue weighted by atomic mass is 9.87. The van der Waals surface area contributed by atoms with Gasteiger partial charge in [-0.1, -0.05) is 37.3 Å². The number of pyridine rings is 1. The largest absolute Gasteiger partial charge is 0.497 e. The Hall–Kier alpha value is -2.35. The van der Waals surface area contributed by atoms with E-state index in [9.17, 15) is 0 Å². The Morgan fingerprint density at radius 2 is 1.76 bits per heavy atom. The highest BCUT2D eigenvalue weighted by atomic mass is 16.5. The predicted molar refractivity (Wildman–Crippen MR) is 86.9 cm³/mol. The molecule has 3 aromatic rings. The van der Waals surface area contributed by atoms with Crippen LogP contribution < -0.4 is 4.74 Å². The lowest BCUT2D eigenvalue weighted by molar-refractivity contribution is 0.414. The van der Waals surface area contributed by atoms with E-state index >= 15 is 0 Å². The first-order valence-electron chi connectivity index (χ1n) is 7.31. The Balaban J connectivity index is 2.09. The summed E-state index contributed by atoms with van der Waals surface area (Å²) < 4.78 is 5.25. The molecular weight excluding hydrogens is 258 g/mol. The third kappa shape index (κ3) is 2.62. The first-order valence-corrected chi connectivity index (χ1v) is 7.31. The molecular formula is C19H19NO. The number of para-hydroxylation sites is 1. The molecule has 2 aromatic carbocycles. The van der Waals surface area contributed by atoms with Gasteiger partial charge >= 0.3 is 0 Å². The van der Waals surface area contributed by atoms with Crippen LogP contribution in [-0.2, 0) is 0 Å². The van der Waals surface area contributed by atoms with Gasteiger partial charge in [-0.05, 0) is 41.8 Å². The Kier molecular flexibility index (Phi) is 3.87. The van der Waals surface area contributed by atoms with Crippen molar-refractivity contribution in [2.24, 2.45) is 0 Å². The summed E-state index contributed by atoms with van der Waals surface area (Å²) in [7, 11) is 1.70. The third-order valence-corrected chi connectivity index (χ3v) is 3.98. The highest BCUT2D eigenvalue weighted by Gasteiger charge is 2.15. The van der Waals surface area contributed by atoms with Crippen LogP contribution in [0.5, 0.6) is 5.75 Å². The zero-order valence-electron chi connectivity index (χ0n) is 12.4. The van der Waals surface area contributed by atoms with Crippen molar-refractivity contribution in [3.05, 3.63) is 71.9 Å². The van der Waals surface area contributed by atoms with E-state index in [-0.39, 0.29) is 0 Å². The van der Waals surface area contributed by atoms with Gasteiger partial charge in [-0.2, -0.15) is 0 Å². The van der Waals surface area contributed by atoms with Crippen LogP contribution >= 0.6 is 0 Å². The van der Waals surface area contributed by atoms with Crippen molar-refractivity contribution < 1.29 is 4.74 Å². The number of hydrogen-bond donors (Lipinski definition) is 0. The number of methoxy groups -OCH3 is 1. The second kappa shape index (κ2) is 5.96. The van der Waals surface area contributed by atoms with Crippen molar-refractivity contribution in [3.8, 4) is 5.75 Å². The van der Waals surface area contributed by atoms with E-state index in [2.05, 4.69) is 48.3 Å². The maximum Gasteiger partial charge on any atom is 0.118 e. The van der Waals surface area contributed by atoms with E-state index in [1.54, 1.807) is 7.11 Å². The van der Waals surface area contributed by atoms with Crippen molar-refractivity contribution in [1.29, 1.82) is 0 Å². The summed E-state index contributed by atoms with van der Waals surface area (Å²) in [5.41, 5.74) is 3.71. The van der Waals surface area contributed by atoms with Crippen LogP contribution in [0.1, 0.15) is 30.4 Å². The summed E-state index contributed by atoms with van der Waals surface area (Å²) in [4.78, 5) is 4.46. The quantitative estimate of drug-likeness (QED) is 0.684. The van der Waals surface area contributed by atoms with E-state index in [0.29, 0.717) is 5.92 Å². The van der Waals surface area contributed by atoms with Crippen LogP contribution in [0.15, 0.2) is 60.8 Å². The number of aromatic nitrogens is 1. The minimum Gasteiger partial charge on any atom is -0.497 e. The van der Waals surface area contributed by atoms with E-state index in [4.69, 9.17) is 4.74 Å². The molecule has 0 fully saturated rings. The molecule has 1 atom stereocenters. The molecule has 106 valence electrons. The number of benzene rings is 2. The van der Waals surface area contributed by atoms with Gasteiger partial charge in [0.25, 0.3) is 0 Å². The third-order valence-electron chi connectivity index (χ3n) is 3.98. The van der Waals surface area contributed by atoms with Gasteiger partial charge in [0.15, 0.2) is 0 Å². The van der Waals surface area contributed by atoms with Gasteiger partial charge in [0, 0.05) is 17.5 Å². The van der Waals surface area contributed by atoms with Gasteiger partial charge < -0.3 is 4.74 Å². The SMILES string of the molecule is CC[C@@H](c1ccc(OC)cc1)c1ccnc2ccccc12. The number of hydrogen-bond acceptors (Lipinski definition) is 2. The molecule has 0 saturated carbocycles. The van der Waals surface area contributed by atoms with E-state index in [1.165, 1.54) is 16.5 Å². The second-order valence-electron chi connectivity index (χ2n) is 5.15. The molecule has 0 amide bonds. The molecule has 0 unspecified atom stereocenters. The lowest BCUT2D eigenvalue weighted by Crippen LogP contribution is -2.01. The van der Waals surface area contributed by atoms with Crippen LogP contribution in [0.25, 0.3) is 10.9 Å². The fourth-order valence-corrected chi connectivity index (χ4v) is 2.89. The first-order chi connectivity index (χ1) is 10.3. The van der Waals surface area contributed by atoms with Crippen LogP contribution in [0.2, 0.25) is 0 Å². The predicted octanol–water partition coefficient (Wildman–Crippen LogP) is 4.79. The van der Waals surface area contributed by atoms with Gasteiger partial charge in [-0.3, -0.25) is 4.98 Å². The van der Waals surface area contributed by atoms with Gasteiger partial charge in [0.05, 0.1) is 12.6 Å². The molecule has 0 aliphatic heterocycles. The Labute approximate surface area is 125 Å². The molecule has 1 aromatic heterocycles. The molecule has 21 heavy (non-hydrogen) atoms. The van der Waals surface area contributed by atoms with E-state index in [0.717, 1.165) is 17.7 Å². The highest BCUT2D eigenvalue weighted by Crippen LogP contribution is 2.33. The Morgan fingerprint density at radius 3 is 2.48 bits per heavy atom. The maximum absolute atomic E-state index is 5.25. The van der Waals surface area contributed by atoms with Crippen LogP contribution in [0.3, 0.4) is 0 Å². The summed E-state index contributed by atoms with van der Waals surface area (Å²) in [5, 5.41) is 1.24. The number of ether oxygens (including phenoxy) is 1. The monoisotopic (exact) mass is 277 g/mol. The summed E-state index contributed by atoms with van der Waals surface area (Å²) in [5.74, 6) is 1.27. The zero-order chi connectivity index (χ0) is 14.7. The van der Waals surface area contributed by atoms with Gasteiger partial charge in [-0.15, -0.1) is 0 Å². The minimum absolute atomic E-state index is 0.379. The molecule has 1 heterocycles. The molecule has 2 nitrogen and oxygen atoms in total. The average molecular weight is 277 g/mol. The van der Waals surface area contributed by atoms with Crippen molar-refractivity contribution in [2.75, 3.05) is 7.11 Å². The summed E-state index contributed by atoms with van der Waals surface area (Å²) in [6, 6.07) is 18.8. The molecule has 0 aliphatic carbocycles. The van der Waals surface area contributed by atoms with Crippen LogP contribution in [0, 0.1) is 0 Å². The normalized spacial score (nSPS) is 12.3. The number of fused-ring (bicyclic) bond motifs is 1. The van der Waals surface area contributed by atoms with Crippen molar-refractivity contribution in [3.63, 3.8) is 0 Å². The standard InChI is InChI=1S/C19H19NO/c1-3-16(14-8-10-15(21-2)11-9-14)17-12-13-20-19-7-5-4-6-18(17)19/h4-13,16H,3H2,1-2H3/t16-/m0/s1. The molecule has 0 saturated heterocycles. The number of nitrogens with zero attached hydrogens (tertiary/aromatic N) is 1. The maximum atomic E-state index is 5.25. The van der Waals surface area contributed by atoms with E-state index in [1.807, 2.05) is 24.4 Å². The molecule has 0 bridgehead atoms. The topological polar surface area (TPSA) is 22.1 Å². The number of rotatable bonds is 4. The second-order valence-corrected chi connectivity index (χ2v) is 5.15. The van der Waals surface area contributed by atoms with Gasteiger partial charge in [0.1, 0.15) is 5.75 Å². The first kappa shape index (κ1) is 13.6. The van der Waals surface area contributed by atoms with Crippen molar-refractivity contribution in [2.45, 2.75) is 19.3 Å². The zero-order valence-corrected chi connectivity index (χ0v) is 12.4. The summed E-state index contributed by atoms with van der Waals surface area (Å²) >= 11 is 0. The van der Waals surface area contributed by atoms with Gasteiger partial charge in [-0.25, -0.2) is 0 Å². The Bertz CT molecular complexity index is 729. The molecule has 3 rings (SSSR count).